The van der Waals surface area contributed by atoms with E-state index in [0.29, 0.717) is 0 Å². The Morgan fingerprint density at radius 1 is 1.25 bits per heavy atom. The molecule has 24 heavy (non-hydrogen) atoms. The van der Waals surface area contributed by atoms with Crippen LogP contribution in [0.3, 0.4) is 0 Å². The summed E-state index contributed by atoms with van der Waals surface area (Å²) in [6, 6.07) is -1.17. The van der Waals surface area contributed by atoms with Crippen molar-refractivity contribution in [3.63, 3.8) is 0 Å². The lowest BCUT2D eigenvalue weighted by molar-refractivity contribution is -0.158. The summed E-state index contributed by atoms with van der Waals surface area (Å²) < 4.78 is -0.473. The fraction of sp³-hybridized carbons (Fsp3) is 0.800. The second-order valence-corrected chi connectivity index (χ2v) is 8.53. The third-order valence-electron chi connectivity index (χ3n) is 4.68. The molecule has 3 heterocycles. The zero-order valence-corrected chi connectivity index (χ0v) is 14.9. The molecule has 0 aliphatic carbocycles. The van der Waals surface area contributed by atoms with E-state index in [1.165, 1.54) is 30.6 Å². The summed E-state index contributed by atoms with van der Waals surface area (Å²) in [6.45, 7) is 5.76. The highest BCUT2D eigenvalue weighted by Crippen LogP contribution is 2.51. The van der Waals surface area contributed by atoms with Crippen molar-refractivity contribution in [3.05, 3.63) is 0 Å². The lowest BCUT2D eigenvalue weighted by atomic mass is 9.96. The van der Waals surface area contributed by atoms with Crippen LogP contribution in [0.5, 0.6) is 0 Å². The van der Waals surface area contributed by atoms with Crippen molar-refractivity contribution in [2.75, 3.05) is 13.1 Å². The van der Waals surface area contributed by atoms with Crippen LogP contribution in [-0.4, -0.2) is 79.4 Å². The number of amides is 1. The first kappa shape index (κ1) is 20.7. The van der Waals surface area contributed by atoms with Crippen molar-refractivity contribution >= 4 is 30.0 Å². The van der Waals surface area contributed by atoms with Crippen LogP contribution in [0.25, 0.3) is 0 Å². The molecular formula is C15H27N3O5S. The molecule has 3 atom stereocenters. The van der Waals surface area contributed by atoms with Crippen LogP contribution in [-0.2, 0) is 9.59 Å². The molecule has 3 aliphatic heterocycles. The van der Waals surface area contributed by atoms with Crippen LogP contribution in [0.15, 0.2) is 4.99 Å². The maximum Gasteiger partial charge on any atom is 0.327 e. The summed E-state index contributed by atoms with van der Waals surface area (Å²) in [5.74, 6) is -1.08. The van der Waals surface area contributed by atoms with Gasteiger partial charge in [-0.15, -0.1) is 11.8 Å². The number of carbonyl (C=O) groups excluding carboxylic acids is 1. The number of rotatable bonds is 3. The van der Waals surface area contributed by atoms with Gasteiger partial charge in [0, 0.05) is 17.8 Å². The quantitative estimate of drug-likeness (QED) is 0.420. The molecule has 1 unspecified atom stereocenters. The van der Waals surface area contributed by atoms with Gasteiger partial charge >= 0.3 is 5.97 Å². The van der Waals surface area contributed by atoms with Gasteiger partial charge in [0.15, 0.2) is 6.04 Å². The van der Waals surface area contributed by atoms with Crippen LogP contribution in [0.1, 0.15) is 39.5 Å². The molecule has 3 rings (SSSR count). The van der Waals surface area contributed by atoms with Gasteiger partial charge in [0.05, 0.1) is 6.34 Å². The van der Waals surface area contributed by atoms with Gasteiger partial charge in [0.2, 0.25) is 0 Å². The summed E-state index contributed by atoms with van der Waals surface area (Å²) >= 11 is 1.55. The van der Waals surface area contributed by atoms with Crippen LogP contribution < -0.4 is 0 Å². The molecule has 3 aliphatic rings. The van der Waals surface area contributed by atoms with E-state index in [0.717, 1.165) is 13.1 Å². The molecule has 1 amide bonds. The third-order valence-corrected chi connectivity index (χ3v) is 6.24. The first-order valence-corrected chi connectivity index (χ1v) is 8.80. The molecule has 3 fully saturated rings. The van der Waals surface area contributed by atoms with Gasteiger partial charge in [0.25, 0.3) is 5.91 Å². The van der Waals surface area contributed by atoms with E-state index in [-0.39, 0.29) is 22.2 Å². The Morgan fingerprint density at radius 3 is 2.38 bits per heavy atom. The Bertz CT molecular complexity index is 505. The first-order chi connectivity index (χ1) is 10.4. The van der Waals surface area contributed by atoms with Gasteiger partial charge in [-0.1, -0.05) is 12.8 Å². The summed E-state index contributed by atoms with van der Waals surface area (Å²) in [4.78, 5) is 31.9. The number of aliphatic imine (C=N–C) groups is 1. The second-order valence-electron chi connectivity index (χ2n) is 6.76. The number of thioether (sulfide) groups is 1. The molecule has 0 aromatic carbocycles. The summed E-state index contributed by atoms with van der Waals surface area (Å²) in [7, 11) is 0. The Labute approximate surface area is 145 Å². The normalized spacial score (nSPS) is 31.6. The first-order valence-electron chi connectivity index (χ1n) is 7.92. The van der Waals surface area contributed by atoms with Crippen molar-refractivity contribution in [2.45, 2.75) is 61.7 Å². The van der Waals surface area contributed by atoms with E-state index in [4.69, 9.17) is 0 Å². The largest absolute Gasteiger partial charge is 0.480 e. The van der Waals surface area contributed by atoms with E-state index in [9.17, 15) is 14.7 Å². The maximum atomic E-state index is 12.3. The molecule has 0 bridgehead atoms. The molecule has 0 aromatic rings. The lowest BCUT2D eigenvalue weighted by Crippen LogP contribution is -2.65. The van der Waals surface area contributed by atoms with Crippen LogP contribution in [0.2, 0.25) is 0 Å². The summed E-state index contributed by atoms with van der Waals surface area (Å²) in [6.07, 6.45) is 6.67. The number of carboxylic acids is 1. The minimum Gasteiger partial charge on any atom is -0.480 e. The molecule has 0 saturated carbocycles. The smallest absolute Gasteiger partial charge is 0.327 e. The number of carbonyl (C=O) groups is 2. The van der Waals surface area contributed by atoms with Crippen molar-refractivity contribution in [3.8, 4) is 0 Å². The van der Waals surface area contributed by atoms with Gasteiger partial charge in [-0.3, -0.25) is 9.79 Å². The number of β-lactam (4-membered cyclic amide) rings is 1. The molecule has 8 nitrogen and oxygen atoms in total. The number of fused-ring (bicyclic) bond motifs is 1. The SMILES string of the molecule is CC1(C)S[C@@H]2C(/N=C/N3CCCCCC3)C(=O)N2[C@H]1C(=O)O.O.O. The third kappa shape index (κ3) is 3.52. The Balaban J connectivity index is 0.00000144. The lowest BCUT2D eigenvalue weighted by Gasteiger charge is -2.41. The fourth-order valence-electron chi connectivity index (χ4n) is 3.51. The highest BCUT2D eigenvalue weighted by atomic mass is 32.2. The number of aliphatic carboxylic acids is 1. The highest BCUT2D eigenvalue weighted by molar-refractivity contribution is 8.01. The predicted molar refractivity (Wildman–Crippen MR) is 93.3 cm³/mol. The molecular weight excluding hydrogens is 334 g/mol. The van der Waals surface area contributed by atoms with Crippen molar-refractivity contribution in [1.29, 1.82) is 0 Å². The van der Waals surface area contributed by atoms with Crippen LogP contribution >= 0.6 is 11.8 Å². The van der Waals surface area contributed by atoms with Gasteiger partial charge < -0.3 is 25.9 Å². The average Bonchev–Trinajstić information content (AvgIpc) is 2.60. The van der Waals surface area contributed by atoms with E-state index in [1.807, 2.05) is 20.2 Å². The minimum absolute atomic E-state index is 0. The number of likely N-dealkylation sites (tertiary alicyclic amines) is 1. The van der Waals surface area contributed by atoms with E-state index in [2.05, 4.69) is 9.89 Å². The molecule has 3 saturated heterocycles. The van der Waals surface area contributed by atoms with Gasteiger partial charge in [-0.05, 0) is 26.7 Å². The number of nitrogens with zero attached hydrogens (tertiary/aromatic N) is 3. The Kier molecular flexibility index (Phi) is 6.66. The Hall–Kier alpha value is -1.32. The van der Waals surface area contributed by atoms with E-state index in [1.54, 1.807) is 11.8 Å². The Morgan fingerprint density at radius 2 is 1.83 bits per heavy atom. The number of carboxylic acid groups (broad SMARTS) is 1. The summed E-state index contributed by atoms with van der Waals surface area (Å²) in [5.41, 5.74) is 0. The van der Waals surface area contributed by atoms with Crippen molar-refractivity contribution in [1.82, 2.24) is 9.80 Å². The zero-order valence-electron chi connectivity index (χ0n) is 14.1. The summed E-state index contributed by atoms with van der Waals surface area (Å²) in [5, 5.41) is 9.25. The zero-order chi connectivity index (χ0) is 15.9. The van der Waals surface area contributed by atoms with E-state index >= 15 is 0 Å². The number of hydrogen-bond donors (Lipinski definition) is 1. The van der Waals surface area contributed by atoms with Crippen LogP contribution in [0.4, 0.5) is 0 Å². The molecule has 0 aromatic heterocycles. The number of hydrogen-bond acceptors (Lipinski definition) is 4. The molecule has 5 N–H and O–H groups in total. The van der Waals surface area contributed by atoms with Gasteiger partial charge in [-0.2, -0.15) is 0 Å². The maximum absolute atomic E-state index is 12.3. The molecule has 0 radical (unpaired) electrons. The molecule has 138 valence electrons. The van der Waals surface area contributed by atoms with Gasteiger partial charge in [0.1, 0.15) is 11.4 Å². The fourth-order valence-corrected chi connectivity index (χ4v) is 5.13. The van der Waals surface area contributed by atoms with Gasteiger partial charge in [-0.25, -0.2) is 4.79 Å². The van der Waals surface area contributed by atoms with Crippen molar-refractivity contribution < 1.29 is 25.6 Å². The molecule has 0 spiro atoms. The standard InChI is InChI=1S/C15H23N3O3S.2H2O/c1-15(2)11(14(20)21)18-12(19)10(13(18)22-15)16-9-17-7-5-3-4-6-8-17;;/h9-11,13H,3-8H2,1-2H3,(H,20,21);2*1H2/b16-9+;;/t10?,11-,13+;;/m0../s1. The molecule has 9 heteroatoms. The monoisotopic (exact) mass is 361 g/mol. The van der Waals surface area contributed by atoms with Crippen LogP contribution in [0, 0.1) is 0 Å². The highest BCUT2D eigenvalue weighted by Gasteiger charge is 2.63. The minimum atomic E-state index is -0.928. The second kappa shape index (κ2) is 7.71. The van der Waals surface area contributed by atoms with E-state index < -0.39 is 22.8 Å². The topological polar surface area (TPSA) is 136 Å². The predicted octanol–water partition coefficient (Wildman–Crippen LogP) is -0.243. The van der Waals surface area contributed by atoms with Crippen molar-refractivity contribution in [2.24, 2.45) is 4.99 Å². The average molecular weight is 361 g/mol.